The smallest absolute Gasteiger partial charge is 0.197 e. The Morgan fingerprint density at radius 1 is 1.18 bits per heavy atom. The van der Waals surface area contributed by atoms with Crippen molar-refractivity contribution in [3.63, 3.8) is 0 Å². The molecule has 17 heavy (non-hydrogen) atoms. The minimum Gasteiger partial charge on any atom is -0.453 e. The van der Waals surface area contributed by atoms with E-state index in [2.05, 4.69) is 0 Å². The fourth-order valence-electron chi connectivity index (χ4n) is 1.51. The highest BCUT2D eigenvalue weighted by Gasteiger charge is 2.15. The summed E-state index contributed by atoms with van der Waals surface area (Å²) in [5, 5.41) is -0.223. The third kappa shape index (κ3) is 2.79. The van der Waals surface area contributed by atoms with Gasteiger partial charge < -0.3 is 4.42 Å². The Kier molecular flexibility index (Phi) is 3.69. The van der Waals surface area contributed by atoms with E-state index in [0.29, 0.717) is 17.5 Å². The van der Waals surface area contributed by atoms with Crippen molar-refractivity contribution in [2.45, 2.75) is 11.8 Å². The molecule has 90 valence electrons. The highest BCUT2D eigenvalue weighted by Crippen LogP contribution is 2.31. The van der Waals surface area contributed by atoms with Crippen LogP contribution in [0.3, 0.4) is 0 Å². The van der Waals surface area contributed by atoms with E-state index >= 15 is 0 Å². The van der Waals surface area contributed by atoms with Crippen LogP contribution in [-0.4, -0.2) is 0 Å². The first-order valence-electron chi connectivity index (χ1n) is 4.89. The third-order valence-corrected chi connectivity index (χ3v) is 3.08. The summed E-state index contributed by atoms with van der Waals surface area (Å²) in [5.41, 5.74) is 1.24. The van der Waals surface area contributed by atoms with E-state index in [-0.39, 0.29) is 5.22 Å². The highest BCUT2D eigenvalue weighted by atomic mass is 35.5. The zero-order valence-electron chi connectivity index (χ0n) is 8.59. The molecule has 1 aromatic heterocycles. The van der Waals surface area contributed by atoms with Gasteiger partial charge in [-0.25, -0.2) is 8.78 Å². The van der Waals surface area contributed by atoms with Crippen LogP contribution in [0.5, 0.6) is 0 Å². The molecular weight excluding hydrogens is 269 g/mol. The maximum atomic E-state index is 13.0. The summed E-state index contributed by atoms with van der Waals surface area (Å²) in [4.78, 5) is 0. The molecule has 0 amide bonds. The van der Waals surface area contributed by atoms with Crippen molar-refractivity contribution in [3.8, 4) is 0 Å². The number of halogens is 4. The van der Waals surface area contributed by atoms with E-state index in [1.54, 1.807) is 6.07 Å². The van der Waals surface area contributed by atoms with Gasteiger partial charge in [-0.05, 0) is 41.8 Å². The first-order chi connectivity index (χ1) is 8.08. The van der Waals surface area contributed by atoms with Crippen molar-refractivity contribution in [3.05, 3.63) is 58.5 Å². The van der Waals surface area contributed by atoms with Crippen molar-refractivity contribution < 1.29 is 13.2 Å². The number of furan rings is 1. The fourth-order valence-corrected chi connectivity index (χ4v) is 2.16. The Labute approximate surface area is 107 Å². The summed E-state index contributed by atoms with van der Waals surface area (Å²) >= 11 is 11.9. The number of benzene rings is 1. The van der Waals surface area contributed by atoms with Crippen molar-refractivity contribution >= 4 is 23.2 Å². The van der Waals surface area contributed by atoms with E-state index in [0.717, 1.165) is 12.1 Å². The Morgan fingerprint density at radius 3 is 2.53 bits per heavy atom. The van der Waals surface area contributed by atoms with E-state index in [4.69, 9.17) is 27.6 Å². The van der Waals surface area contributed by atoms with Gasteiger partial charge in [0.1, 0.15) is 0 Å². The summed E-state index contributed by atoms with van der Waals surface area (Å²) in [5.74, 6) is -1.76. The number of hydrogen-bond donors (Lipinski definition) is 0. The summed E-state index contributed by atoms with van der Waals surface area (Å²) < 4.78 is 30.6. The molecule has 0 fully saturated rings. The lowest BCUT2D eigenvalue weighted by atomic mass is 10.1. The zero-order chi connectivity index (χ0) is 12.4. The molecule has 0 N–H and O–H groups in total. The van der Waals surface area contributed by atoms with Crippen LogP contribution in [0.2, 0.25) is 5.22 Å². The minimum atomic E-state index is -0.885. The molecule has 1 unspecified atom stereocenters. The number of alkyl halides is 1. The molecule has 0 saturated heterocycles. The molecule has 0 aliphatic rings. The molecule has 0 saturated carbocycles. The molecule has 1 heterocycles. The van der Waals surface area contributed by atoms with E-state index in [9.17, 15) is 8.78 Å². The SMILES string of the molecule is Fc1ccc(CC(Cl)c2ccoc2Cl)cc1F. The topological polar surface area (TPSA) is 13.1 Å². The van der Waals surface area contributed by atoms with Crippen LogP contribution in [0.15, 0.2) is 34.9 Å². The average Bonchev–Trinajstić information content (AvgIpc) is 2.70. The Morgan fingerprint density at radius 2 is 1.94 bits per heavy atom. The molecule has 1 atom stereocenters. The van der Waals surface area contributed by atoms with Gasteiger partial charge in [-0.15, -0.1) is 11.6 Å². The van der Waals surface area contributed by atoms with E-state index < -0.39 is 17.0 Å². The fraction of sp³-hybridized carbons (Fsp3) is 0.167. The van der Waals surface area contributed by atoms with Gasteiger partial charge in [0.25, 0.3) is 0 Å². The molecule has 0 bridgehead atoms. The zero-order valence-corrected chi connectivity index (χ0v) is 10.1. The van der Waals surface area contributed by atoms with Crippen LogP contribution in [0.25, 0.3) is 0 Å². The van der Waals surface area contributed by atoms with Gasteiger partial charge in [-0.1, -0.05) is 6.07 Å². The first-order valence-corrected chi connectivity index (χ1v) is 5.70. The van der Waals surface area contributed by atoms with Crippen LogP contribution in [-0.2, 0) is 6.42 Å². The second kappa shape index (κ2) is 5.07. The average molecular weight is 277 g/mol. The van der Waals surface area contributed by atoms with Gasteiger partial charge in [-0.3, -0.25) is 0 Å². The minimum absolute atomic E-state index is 0.215. The molecule has 0 radical (unpaired) electrons. The second-order valence-electron chi connectivity index (χ2n) is 3.57. The molecule has 1 nitrogen and oxygen atoms in total. The largest absolute Gasteiger partial charge is 0.453 e. The normalized spacial score (nSPS) is 12.7. The lowest BCUT2D eigenvalue weighted by Gasteiger charge is -2.08. The summed E-state index contributed by atoms with van der Waals surface area (Å²) in [7, 11) is 0. The number of rotatable bonds is 3. The van der Waals surface area contributed by atoms with Gasteiger partial charge in [0, 0.05) is 5.56 Å². The molecule has 0 spiro atoms. The molecule has 2 aromatic rings. The molecular formula is C12H8Cl2F2O. The molecule has 0 aliphatic heterocycles. The van der Waals surface area contributed by atoms with Gasteiger partial charge in [-0.2, -0.15) is 0 Å². The van der Waals surface area contributed by atoms with Gasteiger partial charge in [0.15, 0.2) is 16.9 Å². The lowest BCUT2D eigenvalue weighted by Crippen LogP contribution is -1.96. The van der Waals surface area contributed by atoms with Crippen molar-refractivity contribution in [2.75, 3.05) is 0 Å². The predicted octanol–water partition coefficient (Wildman–Crippen LogP) is 4.73. The van der Waals surface area contributed by atoms with Gasteiger partial charge >= 0.3 is 0 Å². The van der Waals surface area contributed by atoms with E-state index in [1.165, 1.54) is 12.3 Å². The maximum Gasteiger partial charge on any atom is 0.197 e. The van der Waals surface area contributed by atoms with Gasteiger partial charge in [0.05, 0.1) is 11.6 Å². The first kappa shape index (κ1) is 12.4. The van der Waals surface area contributed by atoms with Crippen LogP contribution < -0.4 is 0 Å². The monoisotopic (exact) mass is 276 g/mol. The van der Waals surface area contributed by atoms with Crippen LogP contribution in [0.4, 0.5) is 8.78 Å². The van der Waals surface area contributed by atoms with Crippen molar-refractivity contribution in [2.24, 2.45) is 0 Å². The highest BCUT2D eigenvalue weighted by molar-refractivity contribution is 6.31. The summed E-state index contributed by atoms with van der Waals surface area (Å²) in [6.45, 7) is 0. The Balaban J connectivity index is 2.16. The standard InChI is InChI=1S/C12H8Cl2F2O/c13-9(8-3-4-17-12(8)14)5-7-1-2-10(15)11(16)6-7/h1-4,6,9H,5H2. The molecule has 2 rings (SSSR count). The Bertz CT molecular complexity index is 525. The van der Waals surface area contributed by atoms with Gasteiger partial charge in [0.2, 0.25) is 0 Å². The van der Waals surface area contributed by atoms with Crippen molar-refractivity contribution in [1.29, 1.82) is 0 Å². The lowest BCUT2D eigenvalue weighted by molar-refractivity contribution is 0.507. The molecule has 0 aliphatic carbocycles. The Hall–Kier alpha value is -1.06. The predicted molar refractivity (Wildman–Crippen MR) is 62.4 cm³/mol. The maximum absolute atomic E-state index is 13.0. The summed E-state index contributed by atoms with van der Waals surface area (Å²) in [6, 6.07) is 5.34. The van der Waals surface area contributed by atoms with E-state index in [1.807, 2.05) is 0 Å². The number of hydrogen-bond acceptors (Lipinski definition) is 1. The second-order valence-corrected chi connectivity index (χ2v) is 4.44. The van der Waals surface area contributed by atoms with Crippen LogP contribution >= 0.6 is 23.2 Å². The van der Waals surface area contributed by atoms with Crippen molar-refractivity contribution in [1.82, 2.24) is 0 Å². The third-order valence-electron chi connectivity index (χ3n) is 2.38. The quantitative estimate of drug-likeness (QED) is 0.739. The molecule has 5 heteroatoms. The molecule has 1 aromatic carbocycles. The summed E-state index contributed by atoms with van der Waals surface area (Å²) in [6.07, 6.45) is 1.77. The van der Waals surface area contributed by atoms with Crippen LogP contribution in [0.1, 0.15) is 16.5 Å². The van der Waals surface area contributed by atoms with Crippen LogP contribution in [0, 0.1) is 11.6 Å².